The third-order valence-corrected chi connectivity index (χ3v) is 4.89. The van der Waals surface area contributed by atoms with Gasteiger partial charge in [0, 0.05) is 13.1 Å². The van der Waals surface area contributed by atoms with Crippen LogP contribution in [0.5, 0.6) is 17.2 Å². The molecule has 2 aromatic carbocycles. The van der Waals surface area contributed by atoms with Gasteiger partial charge in [0.05, 0.1) is 34.4 Å². The van der Waals surface area contributed by atoms with Crippen LogP contribution in [0.15, 0.2) is 42.5 Å². The van der Waals surface area contributed by atoms with Crippen molar-refractivity contribution in [2.45, 2.75) is 25.9 Å². The zero-order chi connectivity index (χ0) is 22.8. The molecular formula is C23H30N2O6. The average molecular weight is 431 g/mol. The standard InChI is InChI=1S/C23H30N2O6/c1-16(23(28)24-11-12-26)25(15-17-5-8-19(29-2)9-6-17)22(27)14-18-7-10-20(30-3)21(13-18)31-4/h5-10,13,16,26H,11-12,14-15H2,1-4H3,(H,24,28)/t16-/m0/s1. The van der Waals surface area contributed by atoms with Crippen LogP contribution in [0.1, 0.15) is 18.1 Å². The van der Waals surface area contributed by atoms with Crippen molar-refractivity contribution in [1.82, 2.24) is 10.2 Å². The molecule has 0 aliphatic carbocycles. The molecule has 8 nitrogen and oxygen atoms in total. The first kappa shape index (κ1) is 24.0. The Balaban J connectivity index is 2.24. The number of nitrogens with zero attached hydrogens (tertiary/aromatic N) is 1. The number of amides is 2. The highest BCUT2D eigenvalue weighted by Crippen LogP contribution is 2.28. The molecule has 2 amide bonds. The van der Waals surface area contributed by atoms with E-state index in [1.807, 2.05) is 24.3 Å². The molecule has 0 aliphatic rings. The molecule has 0 unspecified atom stereocenters. The van der Waals surface area contributed by atoms with E-state index in [2.05, 4.69) is 5.32 Å². The Bertz CT molecular complexity index is 869. The van der Waals surface area contributed by atoms with Gasteiger partial charge in [0.15, 0.2) is 11.5 Å². The number of aliphatic hydroxyl groups is 1. The van der Waals surface area contributed by atoms with Crippen molar-refractivity contribution < 1.29 is 28.9 Å². The van der Waals surface area contributed by atoms with Crippen LogP contribution in [0.2, 0.25) is 0 Å². The summed E-state index contributed by atoms with van der Waals surface area (Å²) >= 11 is 0. The fraction of sp³-hybridized carbons (Fsp3) is 0.391. The highest BCUT2D eigenvalue weighted by atomic mass is 16.5. The molecule has 0 bridgehead atoms. The van der Waals surface area contributed by atoms with E-state index < -0.39 is 6.04 Å². The van der Waals surface area contributed by atoms with Gasteiger partial charge in [-0.25, -0.2) is 0 Å². The molecule has 0 fully saturated rings. The molecule has 0 heterocycles. The molecule has 0 radical (unpaired) electrons. The summed E-state index contributed by atoms with van der Waals surface area (Å²) in [6.45, 7) is 1.88. The molecule has 2 rings (SSSR count). The van der Waals surface area contributed by atoms with E-state index in [0.29, 0.717) is 17.2 Å². The largest absolute Gasteiger partial charge is 0.497 e. The van der Waals surface area contributed by atoms with Gasteiger partial charge in [0.2, 0.25) is 11.8 Å². The van der Waals surface area contributed by atoms with Crippen LogP contribution < -0.4 is 19.5 Å². The summed E-state index contributed by atoms with van der Waals surface area (Å²) in [6, 6.07) is 11.9. The molecule has 1 atom stereocenters. The molecule has 0 aliphatic heterocycles. The van der Waals surface area contributed by atoms with Gasteiger partial charge in [-0.15, -0.1) is 0 Å². The number of benzene rings is 2. The lowest BCUT2D eigenvalue weighted by molar-refractivity contribution is -0.140. The lowest BCUT2D eigenvalue weighted by Gasteiger charge is -2.29. The van der Waals surface area contributed by atoms with Crippen molar-refractivity contribution in [1.29, 1.82) is 0 Å². The Morgan fingerprint density at radius 1 is 0.968 bits per heavy atom. The van der Waals surface area contributed by atoms with Gasteiger partial charge in [-0.2, -0.15) is 0 Å². The quantitative estimate of drug-likeness (QED) is 0.564. The Labute approximate surface area is 182 Å². The van der Waals surface area contributed by atoms with Crippen LogP contribution in [0.4, 0.5) is 0 Å². The molecule has 0 saturated heterocycles. The first-order valence-electron chi connectivity index (χ1n) is 9.95. The minimum absolute atomic E-state index is 0.0914. The Hall–Kier alpha value is -3.26. The maximum absolute atomic E-state index is 13.2. The van der Waals surface area contributed by atoms with E-state index in [1.54, 1.807) is 39.3 Å². The molecule has 31 heavy (non-hydrogen) atoms. The molecule has 2 aromatic rings. The number of ether oxygens (including phenoxy) is 3. The summed E-state index contributed by atoms with van der Waals surface area (Å²) in [5, 5.41) is 11.6. The highest BCUT2D eigenvalue weighted by molar-refractivity contribution is 5.88. The third-order valence-electron chi connectivity index (χ3n) is 4.89. The maximum Gasteiger partial charge on any atom is 0.242 e. The number of nitrogens with one attached hydrogen (secondary N) is 1. The monoisotopic (exact) mass is 430 g/mol. The SMILES string of the molecule is COc1ccc(CN(C(=O)Cc2ccc(OC)c(OC)c2)[C@@H](C)C(=O)NCCO)cc1. The second-order valence-electron chi connectivity index (χ2n) is 6.93. The zero-order valence-electron chi connectivity index (χ0n) is 18.4. The number of hydrogen-bond acceptors (Lipinski definition) is 6. The fourth-order valence-corrected chi connectivity index (χ4v) is 3.10. The lowest BCUT2D eigenvalue weighted by atomic mass is 10.1. The molecular weight excluding hydrogens is 400 g/mol. The van der Waals surface area contributed by atoms with Crippen LogP contribution in [0.3, 0.4) is 0 Å². The smallest absolute Gasteiger partial charge is 0.242 e. The summed E-state index contributed by atoms with van der Waals surface area (Å²) in [4.78, 5) is 27.2. The van der Waals surface area contributed by atoms with Gasteiger partial charge in [0.25, 0.3) is 0 Å². The van der Waals surface area contributed by atoms with Gasteiger partial charge in [-0.3, -0.25) is 9.59 Å². The van der Waals surface area contributed by atoms with Crippen LogP contribution in [0.25, 0.3) is 0 Å². The predicted molar refractivity (Wildman–Crippen MR) is 116 cm³/mol. The van der Waals surface area contributed by atoms with E-state index >= 15 is 0 Å². The van der Waals surface area contributed by atoms with Gasteiger partial charge < -0.3 is 29.5 Å². The van der Waals surface area contributed by atoms with E-state index in [0.717, 1.165) is 11.1 Å². The van der Waals surface area contributed by atoms with E-state index in [4.69, 9.17) is 19.3 Å². The third kappa shape index (κ3) is 6.62. The summed E-state index contributed by atoms with van der Waals surface area (Å²) in [5.41, 5.74) is 1.61. The van der Waals surface area contributed by atoms with E-state index in [1.165, 1.54) is 12.0 Å². The van der Waals surface area contributed by atoms with Crippen molar-refractivity contribution >= 4 is 11.8 Å². The van der Waals surface area contributed by atoms with Crippen molar-refractivity contribution in [3.8, 4) is 17.2 Å². The normalized spacial score (nSPS) is 11.4. The average Bonchev–Trinajstić information content (AvgIpc) is 2.80. The first-order valence-corrected chi connectivity index (χ1v) is 9.95. The topological polar surface area (TPSA) is 97.3 Å². The minimum Gasteiger partial charge on any atom is -0.497 e. The van der Waals surface area contributed by atoms with Crippen molar-refractivity contribution in [2.24, 2.45) is 0 Å². The molecule has 0 aromatic heterocycles. The summed E-state index contributed by atoms with van der Waals surface area (Å²) in [7, 11) is 4.67. The number of methoxy groups -OCH3 is 3. The van der Waals surface area contributed by atoms with Crippen molar-refractivity contribution in [3.63, 3.8) is 0 Å². The second-order valence-corrected chi connectivity index (χ2v) is 6.93. The highest BCUT2D eigenvalue weighted by Gasteiger charge is 2.26. The number of rotatable bonds is 11. The summed E-state index contributed by atoms with van der Waals surface area (Å²) < 4.78 is 15.7. The number of carbonyl (C=O) groups excluding carboxylic acids is 2. The van der Waals surface area contributed by atoms with Crippen LogP contribution >= 0.6 is 0 Å². The fourth-order valence-electron chi connectivity index (χ4n) is 3.10. The molecule has 8 heteroatoms. The van der Waals surface area contributed by atoms with E-state index in [-0.39, 0.29) is 37.9 Å². The predicted octanol–water partition coefficient (Wildman–Crippen LogP) is 1.78. The van der Waals surface area contributed by atoms with Crippen LogP contribution in [0, 0.1) is 0 Å². The summed E-state index contributed by atoms with van der Waals surface area (Å²) in [5.74, 6) is 1.27. The molecule has 168 valence electrons. The molecule has 2 N–H and O–H groups in total. The van der Waals surface area contributed by atoms with Crippen molar-refractivity contribution in [2.75, 3.05) is 34.5 Å². The van der Waals surface area contributed by atoms with Gasteiger partial charge in [-0.05, 0) is 42.3 Å². The maximum atomic E-state index is 13.2. The van der Waals surface area contributed by atoms with Gasteiger partial charge >= 0.3 is 0 Å². The molecule has 0 spiro atoms. The summed E-state index contributed by atoms with van der Waals surface area (Å²) in [6.07, 6.45) is 0.0914. The molecule has 0 saturated carbocycles. The van der Waals surface area contributed by atoms with Gasteiger partial charge in [-0.1, -0.05) is 18.2 Å². The number of hydrogen-bond donors (Lipinski definition) is 2. The Morgan fingerprint density at radius 2 is 1.61 bits per heavy atom. The van der Waals surface area contributed by atoms with Crippen LogP contribution in [-0.2, 0) is 22.6 Å². The van der Waals surface area contributed by atoms with Crippen LogP contribution in [-0.4, -0.2) is 62.3 Å². The first-order chi connectivity index (χ1) is 14.9. The van der Waals surface area contributed by atoms with Crippen molar-refractivity contribution in [3.05, 3.63) is 53.6 Å². The zero-order valence-corrected chi connectivity index (χ0v) is 18.4. The lowest BCUT2D eigenvalue weighted by Crippen LogP contribution is -2.48. The number of carbonyl (C=O) groups is 2. The Morgan fingerprint density at radius 3 is 2.19 bits per heavy atom. The number of aliphatic hydroxyl groups excluding tert-OH is 1. The second kappa shape index (κ2) is 11.8. The Kier molecular flexibility index (Phi) is 9.14. The van der Waals surface area contributed by atoms with Gasteiger partial charge in [0.1, 0.15) is 11.8 Å². The van der Waals surface area contributed by atoms with E-state index in [9.17, 15) is 9.59 Å². The minimum atomic E-state index is -0.721.